The average molecular weight is 1150 g/mol. The van der Waals surface area contributed by atoms with Crippen molar-refractivity contribution in [1.82, 2.24) is 0 Å². The molecule has 10 heteroatoms. The SMILES string of the molecule is CC/C=C\C/C=C\C/C=C\C/C=C\C/C=C\CCCCCCCCCCCCCCCCCCCCCCCC(=O)OC(COC(=O)CCCCCCCCCCCC/C=C\C/C=C\C/C=C\C/C=C\CC)COP(=O)(O)OCCN. The van der Waals surface area contributed by atoms with Crippen molar-refractivity contribution in [1.29, 1.82) is 0 Å². The van der Waals surface area contributed by atoms with Crippen molar-refractivity contribution in [2.75, 3.05) is 26.4 Å². The Morgan fingerprint density at radius 3 is 0.951 bits per heavy atom. The number of phosphoric ester groups is 1. The lowest BCUT2D eigenvalue weighted by Gasteiger charge is -2.19. The maximum absolute atomic E-state index is 12.8. The number of rotatable bonds is 62. The van der Waals surface area contributed by atoms with E-state index in [2.05, 4.69) is 123 Å². The van der Waals surface area contributed by atoms with Crippen molar-refractivity contribution in [2.45, 2.75) is 302 Å². The Labute approximate surface area is 499 Å². The van der Waals surface area contributed by atoms with E-state index >= 15 is 0 Å². The minimum Gasteiger partial charge on any atom is -0.462 e. The molecule has 0 radical (unpaired) electrons. The molecule has 0 aromatic rings. The summed E-state index contributed by atoms with van der Waals surface area (Å²) in [5.74, 6) is -0.826. The maximum Gasteiger partial charge on any atom is 0.472 e. The lowest BCUT2D eigenvalue weighted by Crippen LogP contribution is -2.29. The first kappa shape index (κ1) is 77.7. The molecule has 0 aliphatic rings. The number of hydrogen-bond acceptors (Lipinski definition) is 8. The summed E-state index contributed by atoms with van der Waals surface area (Å²) in [7, 11) is -4.40. The van der Waals surface area contributed by atoms with E-state index < -0.39 is 26.5 Å². The van der Waals surface area contributed by atoms with Gasteiger partial charge in [-0.15, -0.1) is 0 Å². The van der Waals surface area contributed by atoms with Crippen LogP contribution in [-0.4, -0.2) is 49.3 Å². The quantitative estimate of drug-likeness (QED) is 0.0264. The van der Waals surface area contributed by atoms with Crippen LogP contribution in [0, 0.1) is 0 Å². The van der Waals surface area contributed by atoms with E-state index in [-0.39, 0.29) is 38.6 Å². The van der Waals surface area contributed by atoms with E-state index in [4.69, 9.17) is 24.3 Å². The molecule has 0 saturated heterocycles. The molecule has 0 bridgehead atoms. The number of hydrogen-bond donors (Lipinski definition) is 2. The van der Waals surface area contributed by atoms with Gasteiger partial charge in [-0.25, -0.2) is 4.57 Å². The minimum absolute atomic E-state index is 0.0502. The molecular weight excluding hydrogens is 1030 g/mol. The van der Waals surface area contributed by atoms with Crippen molar-refractivity contribution in [2.24, 2.45) is 5.73 Å². The highest BCUT2D eigenvalue weighted by Crippen LogP contribution is 2.43. The molecule has 0 spiro atoms. The Bertz CT molecular complexity index is 1690. The van der Waals surface area contributed by atoms with Crippen LogP contribution < -0.4 is 5.73 Å². The van der Waals surface area contributed by atoms with Crippen LogP contribution in [0.2, 0.25) is 0 Å². The van der Waals surface area contributed by atoms with Gasteiger partial charge in [0.25, 0.3) is 0 Å². The fraction of sp³-hybridized carbons (Fsp3) is 0.718. The third-order valence-corrected chi connectivity index (χ3v) is 15.1. The number of nitrogens with two attached hydrogens (primary N) is 1. The summed E-state index contributed by atoms with van der Waals surface area (Å²) in [6.45, 7) is 3.54. The van der Waals surface area contributed by atoms with E-state index in [9.17, 15) is 19.0 Å². The maximum atomic E-state index is 12.8. The molecule has 0 aliphatic carbocycles. The van der Waals surface area contributed by atoms with Crippen LogP contribution in [0.1, 0.15) is 296 Å². The fourth-order valence-electron chi connectivity index (χ4n) is 9.30. The Morgan fingerprint density at radius 2 is 0.642 bits per heavy atom. The van der Waals surface area contributed by atoms with Crippen molar-refractivity contribution >= 4 is 19.8 Å². The van der Waals surface area contributed by atoms with Gasteiger partial charge in [-0.2, -0.15) is 0 Å². The molecule has 2 atom stereocenters. The molecule has 0 amide bonds. The van der Waals surface area contributed by atoms with Gasteiger partial charge >= 0.3 is 19.8 Å². The van der Waals surface area contributed by atoms with Gasteiger partial charge < -0.3 is 20.1 Å². The molecular formula is C71H124NO8P. The van der Waals surface area contributed by atoms with Gasteiger partial charge in [0.05, 0.1) is 13.2 Å². The molecule has 3 N–H and O–H groups in total. The summed E-state index contributed by atoms with van der Waals surface area (Å²) in [5, 5.41) is 0. The second kappa shape index (κ2) is 65.8. The minimum atomic E-state index is -4.40. The average Bonchev–Trinajstić information content (AvgIpc) is 3.46. The zero-order valence-electron chi connectivity index (χ0n) is 52.2. The first-order chi connectivity index (χ1) is 39.8. The van der Waals surface area contributed by atoms with Crippen LogP contribution >= 0.6 is 7.82 Å². The summed E-state index contributed by atoms with van der Waals surface area (Å²) < 4.78 is 33.1. The van der Waals surface area contributed by atoms with E-state index in [1.807, 2.05) is 0 Å². The monoisotopic (exact) mass is 1150 g/mol. The zero-order chi connectivity index (χ0) is 58.7. The fourth-order valence-corrected chi connectivity index (χ4v) is 10.1. The van der Waals surface area contributed by atoms with Gasteiger partial charge in [0.2, 0.25) is 0 Å². The Balaban J connectivity index is 3.86. The zero-order valence-corrected chi connectivity index (χ0v) is 53.1. The van der Waals surface area contributed by atoms with Gasteiger partial charge in [0.15, 0.2) is 6.10 Å². The molecule has 0 fully saturated rings. The van der Waals surface area contributed by atoms with Crippen LogP contribution in [0.15, 0.2) is 109 Å². The first-order valence-electron chi connectivity index (χ1n) is 33.4. The molecule has 466 valence electrons. The summed E-state index contributed by atoms with van der Waals surface area (Å²) in [5.41, 5.74) is 5.40. The normalized spacial score (nSPS) is 13.7. The smallest absolute Gasteiger partial charge is 0.462 e. The van der Waals surface area contributed by atoms with Crippen molar-refractivity contribution < 1.29 is 37.6 Å². The highest BCUT2D eigenvalue weighted by Gasteiger charge is 2.26. The molecule has 0 heterocycles. The second-order valence-electron chi connectivity index (χ2n) is 21.9. The third-order valence-electron chi connectivity index (χ3n) is 14.2. The number of phosphoric acid groups is 1. The number of allylic oxidation sites excluding steroid dienone is 18. The van der Waals surface area contributed by atoms with Crippen LogP contribution in [0.5, 0.6) is 0 Å². The number of esters is 2. The summed E-state index contributed by atoms with van der Waals surface area (Å²) in [4.78, 5) is 35.3. The van der Waals surface area contributed by atoms with Crippen molar-refractivity contribution in [3.8, 4) is 0 Å². The Morgan fingerprint density at radius 1 is 0.370 bits per heavy atom. The topological polar surface area (TPSA) is 134 Å². The van der Waals surface area contributed by atoms with Crippen molar-refractivity contribution in [3.05, 3.63) is 109 Å². The summed E-state index contributed by atoms with van der Waals surface area (Å²) in [6, 6.07) is 0. The molecule has 0 saturated carbocycles. The van der Waals surface area contributed by atoms with E-state index in [0.717, 1.165) is 109 Å². The molecule has 0 aromatic carbocycles. The highest BCUT2D eigenvalue weighted by atomic mass is 31.2. The molecule has 81 heavy (non-hydrogen) atoms. The standard InChI is InChI=1S/C71H124NO8P/c1-3-5-7-9-11-13-15-17-19-21-23-25-27-28-29-30-31-32-33-34-35-36-37-38-39-40-42-44-46-48-50-52-54-56-58-60-62-64-71(74)80-69(68-79-81(75,76)78-66-65-72)67-77-70(73)63-61-59-57-55-53-51-49-47-45-43-41-26-24-22-20-18-16-14-12-10-8-6-4-2/h5-8,11-14,17-20,23-26,28-29,69H,3-4,9-10,15-16,21-22,27,30-68,72H2,1-2H3,(H,75,76)/b7-5-,8-6-,13-11-,14-12-,19-17-,20-18-,25-23-,26-24-,29-28-. The molecule has 0 rings (SSSR count). The predicted octanol–water partition coefficient (Wildman–Crippen LogP) is 21.7. The number of ether oxygens (including phenoxy) is 2. The number of carbonyl (C=O) groups excluding carboxylic acids is 2. The molecule has 2 unspecified atom stereocenters. The van der Waals surface area contributed by atoms with Crippen molar-refractivity contribution in [3.63, 3.8) is 0 Å². The van der Waals surface area contributed by atoms with Gasteiger partial charge in [-0.3, -0.25) is 18.6 Å². The number of unbranched alkanes of at least 4 members (excludes halogenated alkanes) is 31. The summed E-state index contributed by atoms with van der Waals surface area (Å²) >= 11 is 0. The Hall–Kier alpha value is -3.33. The van der Waals surface area contributed by atoms with Crippen LogP contribution in [-0.2, 0) is 32.7 Å². The van der Waals surface area contributed by atoms with Crippen LogP contribution in [0.4, 0.5) is 0 Å². The van der Waals surface area contributed by atoms with Crippen LogP contribution in [0.3, 0.4) is 0 Å². The van der Waals surface area contributed by atoms with E-state index in [0.29, 0.717) is 6.42 Å². The van der Waals surface area contributed by atoms with Gasteiger partial charge in [-0.1, -0.05) is 297 Å². The molecule has 0 aliphatic heterocycles. The second-order valence-corrected chi connectivity index (χ2v) is 23.4. The van der Waals surface area contributed by atoms with Gasteiger partial charge in [0.1, 0.15) is 6.61 Å². The Kier molecular flexibility index (Phi) is 63.1. The number of carbonyl (C=O) groups is 2. The van der Waals surface area contributed by atoms with Crippen LogP contribution in [0.25, 0.3) is 0 Å². The van der Waals surface area contributed by atoms with Gasteiger partial charge in [-0.05, 0) is 96.3 Å². The predicted molar refractivity (Wildman–Crippen MR) is 348 cm³/mol. The molecule has 9 nitrogen and oxygen atoms in total. The molecule has 0 aromatic heterocycles. The summed E-state index contributed by atoms with van der Waals surface area (Å²) in [6.07, 6.45) is 90.3. The lowest BCUT2D eigenvalue weighted by molar-refractivity contribution is -0.161. The van der Waals surface area contributed by atoms with E-state index in [1.165, 1.54) is 154 Å². The largest absolute Gasteiger partial charge is 0.472 e. The van der Waals surface area contributed by atoms with E-state index in [1.54, 1.807) is 0 Å². The first-order valence-corrected chi connectivity index (χ1v) is 34.9. The third kappa shape index (κ3) is 65.7. The highest BCUT2D eigenvalue weighted by molar-refractivity contribution is 7.47. The lowest BCUT2D eigenvalue weighted by atomic mass is 10.0. The van der Waals surface area contributed by atoms with Gasteiger partial charge in [0, 0.05) is 19.4 Å².